The van der Waals surface area contributed by atoms with Gasteiger partial charge in [-0.1, -0.05) is 0 Å². The number of halogens is 1. The zero-order valence-corrected chi connectivity index (χ0v) is 12.3. The second-order valence-electron chi connectivity index (χ2n) is 2.04. The molecule has 0 atom stereocenters. The molecule has 0 saturated carbocycles. The summed E-state index contributed by atoms with van der Waals surface area (Å²) in [5.74, 6) is 0.710. The monoisotopic (exact) mass is 356 g/mol. The van der Waals surface area contributed by atoms with Crippen LogP contribution in [-0.4, -0.2) is 0 Å². The summed E-state index contributed by atoms with van der Waals surface area (Å²) in [4.78, 5) is 0. The molecule has 0 saturated heterocycles. The summed E-state index contributed by atoms with van der Waals surface area (Å²) in [5.41, 5.74) is 1.02. The summed E-state index contributed by atoms with van der Waals surface area (Å²) in [6.07, 6.45) is 0. The van der Waals surface area contributed by atoms with Crippen molar-refractivity contribution in [3.8, 4) is 0 Å². The Balaban J connectivity index is 2.69. The van der Waals surface area contributed by atoms with Crippen LogP contribution < -0.4 is 0 Å². The summed E-state index contributed by atoms with van der Waals surface area (Å²) >= 11 is -1.54. The Morgan fingerprint density at radius 1 is 1.36 bits per heavy atom. The van der Waals surface area contributed by atoms with Gasteiger partial charge in [0, 0.05) is 0 Å². The van der Waals surface area contributed by atoms with Crippen LogP contribution in [0, 0.1) is 0 Å². The number of hydrogen-bond acceptors (Lipinski definition) is 1. The van der Waals surface area contributed by atoms with Crippen LogP contribution >= 0.6 is 8.25 Å². The van der Waals surface area contributed by atoms with Gasteiger partial charge in [0.05, 0.1) is 0 Å². The molecule has 3 heteroatoms. The maximum atomic E-state index is 5.59. The summed E-state index contributed by atoms with van der Waals surface area (Å²) in [6, 6.07) is 9.79. The van der Waals surface area contributed by atoms with Crippen LogP contribution in [0.3, 0.4) is 0 Å². The van der Waals surface area contributed by atoms with Crippen LogP contribution in [0.15, 0.2) is 36.9 Å². The summed E-state index contributed by atoms with van der Waals surface area (Å²) in [5, 5.41) is 0. The Kier molecular flexibility index (Phi) is 3.94. The molecule has 0 aliphatic heterocycles. The Hall–Kier alpha value is -0.0149. The van der Waals surface area contributed by atoms with Crippen molar-refractivity contribution >= 4 is 14.0 Å². The van der Waals surface area contributed by atoms with E-state index in [0.717, 1.165) is 5.56 Å². The normalized spacial score (nSPS) is 8.45. The van der Waals surface area contributed by atoms with Crippen LogP contribution in [0.2, 0.25) is 0 Å². The van der Waals surface area contributed by atoms with Crippen LogP contribution in [0.1, 0.15) is 5.56 Å². The SMILES string of the molecule is C=C([O][Hg][Cl])c1ccccc1. The molecule has 1 nitrogen and oxygen atoms in total. The minimum absolute atomic E-state index is 0.710. The van der Waals surface area contributed by atoms with Gasteiger partial charge in [0.15, 0.2) is 0 Å². The molecular formula is C8H7ClHgO. The van der Waals surface area contributed by atoms with Crippen LogP contribution in [-0.2, 0) is 26.4 Å². The van der Waals surface area contributed by atoms with Gasteiger partial charge < -0.3 is 0 Å². The van der Waals surface area contributed by atoms with Gasteiger partial charge in [-0.2, -0.15) is 0 Å². The Morgan fingerprint density at radius 3 is 2.55 bits per heavy atom. The topological polar surface area (TPSA) is 9.23 Å². The van der Waals surface area contributed by atoms with E-state index in [2.05, 4.69) is 6.58 Å². The fourth-order valence-corrected chi connectivity index (χ4v) is 3.09. The standard InChI is InChI=1S/C8H8O.ClH.Hg/c1-7(9)8-5-3-2-4-6-8;;/h2-6,9H,1H2;1H;/q;;+2/p-2. The van der Waals surface area contributed by atoms with Crippen molar-refractivity contribution in [2.75, 3.05) is 0 Å². The van der Waals surface area contributed by atoms with Crippen LogP contribution in [0.25, 0.3) is 5.76 Å². The molecule has 0 amide bonds. The predicted molar refractivity (Wildman–Crippen MR) is 42.4 cm³/mol. The first-order valence-corrected chi connectivity index (χ1v) is 12.3. The van der Waals surface area contributed by atoms with E-state index < -0.39 is 23.8 Å². The first-order valence-electron chi connectivity index (χ1n) is 3.27. The van der Waals surface area contributed by atoms with E-state index in [1.54, 1.807) is 0 Å². The average Bonchev–Trinajstić information content (AvgIpc) is 2.07. The Labute approximate surface area is 82.6 Å². The Morgan fingerprint density at radius 2 is 2.00 bits per heavy atom. The fraction of sp³-hybridized carbons (Fsp3) is 0. The van der Waals surface area contributed by atoms with Crippen molar-refractivity contribution < 1.29 is 26.4 Å². The number of rotatable bonds is 3. The molecule has 11 heavy (non-hydrogen) atoms. The van der Waals surface area contributed by atoms with E-state index in [-0.39, 0.29) is 0 Å². The molecule has 1 aromatic carbocycles. The van der Waals surface area contributed by atoms with E-state index in [1.165, 1.54) is 0 Å². The predicted octanol–water partition coefficient (Wildman–Crippen LogP) is 2.83. The zero-order chi connectivity index (χ0) is 8.10. The quantitative estimate of drug-likeness (QED) is 0.599. The van der Waals surface area contributed by atoms with Gasteiger partial charge in [-0.05, 0) is 0 Å². The third-order valence-corrected chi connectivity index (χ3v) is 4.06. The second kappa shape index (κ2) is 4.78. The molecule has 0 aliphatic rings. The van der Waals surface area contributed by atoms with E-state index in [4.69, 9.17) is 10.9 Å². The summed E-state index contributed by atoms with van der Waals surface area (Å²) in [6.45, 7) is 3.76. The molecule has 0 aliphatic carbocycles. The maximum absolute atomic E-state index is 5.59. The van der Waals surface area contributed by atoms with Crippen molar-refractivity contribution in [3.05, 3.63) is 42.5 Å². The molecule has 1 aromatic rings. The fourth-order valence-electron chi connectivity index (χ4n) is 0.773. The number of hydrogen-bond donors (Lipinski definition) is 0. The molecule has 0 spiro atoms. The average molecular weight is 355 g/mol. The van der Waals surface area contributed by atoms with Gasteiger partial charge in [-0.15, -0.1) is 0 Å². The van der Waals surface area contributed by atoms with Gasteiger partial charge in [-0.3, -0.25) is 0 Å². The van der Waals surface area contributed by atoms with Gasteiger partial charge in [-0.25, -0.2) is 0 Å². The van der Waals surface area contributed by atoms with Crippen molar-refractivity contribution in [1.29, 1.82) is 0 Å². The van der Waals surface area contributed by atoms with Gasteiger partial charge in [0.25, 0.3) is 0 Å². The van der Waals surface area contributed by atoms with E-state index in [9.17, 15) is 0 Å². The Bertz CT molecular complexity index is 235. The number of benzene rings is 1. The molecule has 0 unspecified atom stereocenters. The molecule has 0 bridgehead atoms. The van der Waals surface area contributed by atoms with Gasteiger partial charge in [0.1, 0.15) is 0 Å². The van der Waals surface area contributed by atoms with Crippen molar-refractivity contribution in [2.24, 2.45) is 0 Å². The molecule has 0 fully saturated rings. The minimum atomic E-state index is -1.54. The van der Waals surface area contributed by atoms with Crippen molar-refractivity contribution in [3.63, 3.8) is 0 Å². The van der Waals surface area contributed by atoms with Crippen LogP contribution in [0.5, 0.6) is 0 Å². The first kappa shape index (κ1) is 9.08. The van der Waals surface area contributed by atoms with Crippen molar-refractivity contribution in [1.82, 2.24) is 0 Å². The van der Waals surface area contributed by atoms with Gasteiger partial charge >= 0.3 is 82.9 Å². The second-order valence-corrected chi connectivity index (χ2v) is 5.93. The molecule has 0 heterocycles. The third kappa shape index (κ3) is 2.84. The van der Waals surface area contributed by atoms with E-state index >= 15 is 0 Å². The molecular weight excluding hydrogens is 348 g/mol. The first-order chi connectivity index (χ1) is 5.34. The molecule has 0 N–H and O–H groups in total. The molecule has 0 radical (unpaired) electrons. The summed E-state index contributed by atoms with van der Waals surface area (Å²) < 4.78 is 5.22. The molecule has 0 aromatic heterocycles. The zero-order valence-electron chi connectivity index (χ0n) is 6.09. The van der Waals surface area contributed by atoms with Crippen molar-refractivity contribution in [2.45, 2.75) is 0 Å². The molecule has 1 rings (SSSR count). The third-order valence-electron chi connectivity index (χ3n) is 1.32. The summed E-state index contributed by atoms with van der Waals surface area (Å²) in [7, 11) is 5.59. The van der Waals surface area contributed by atoms with Gasteiger partial charge in [0.2, 0.25) is 0 Å². The van der Waals surface area contributed by atoms with E-state index in [0.29, 0.717) is 5.76 Å². The van der Waals surface area contributed by atoms with E-state index in [1.807, 2.05) is 30.3 Å². The van der Waals surface area contributed by atoms with Crippen LogP contribution in [0.4, 0.5) is 0 Å². The molecule has 54 valence electrons.